The first kappa shape index (κ1) is 12.5. The Balaban J connectivity index is 2.13. The molecule has 1 rings (SSSR count). The lowest BCUT2D eigenvalue weighted by molar-refractivity contribution is -0.123. The molecule has 0 bridgehead atoms. The fourth-order valence-corrected chi connectivity index (χ4v) is 2.02. The predicted octanol–water partition coefficient (Wildman–Crippen LogP) is 1.82. The molecule has 1 saturated heterocycles. The van der Waals surface area contributed by atoms with Crippen molar-refractivity contribution in [2.75, 3.05) is 6.54 Å². The summed E-state index contributed by atoms with van der Waals surface area (Å²) in [5.74, 6) is 0.191. The van der Waals surface area contributed by atoms with E-state index >= 15 is 0 Å². The monoisotopic (exact) mass is 212 g/mol. The summed E-state index contributed by atoms with van der Waals surface area (Å²) in [5, 5.41) is 6.30. The van der Waals surface area contributed by atoms with Crippen LogP contribution in [0, 0.1) is 0 Å². The number of hydrogen-bond donors (Lipinski definition) is 2. The predicted molar refractivity (Wildman–Crippen MR) is 62.8 cm³/mol. The van der Waals surface area contributed by atoms with Crippen LogP contribution in [0.3, 0.4) is 0 Å². The number of carbonyl (C=O) groups is 1. The lowest BCUT2D eigenvalue weighted by Crippen LogP contribution is -2.44. The van der Waals surface area contributed by atoms with Gasteiger partial charge in [0.05, 0.1) is 6.04 Å². The first-order chi connectivity index (χ1) is 7.24. The number of unbranched alkanes of at least 4 members (excludes halogenated alkanes) is 2. The van der Waals surface area contributed by atoms with Crippen molar-refractivity contribution in [1.82, 2.24) is 10.6 Å². The van der Waals surface area contributed by atoms with Gasteiger partial charge >= 0.3 is 0 Å². The van der Waals surface area contributed by atoms with Crippen LogP contribution in [0.1, 0.15) is 52.4 Å². The normalized spacial score (nSPS) is 22.7. The second-order valence-corrected chi connectivity index (χ2v) is 4.55. The van der Waals surface area contributed by atoms with E-state index in [4.69, 9.17) is 0 Å². The Kier molecular flexibility index (Phi) is 5.69. The molecule has 0 aliphatic carbocycles. The Hall–Kier alpha value is -0.570. The smallest absolute Gasteiger partial charge is 0.237 e. The van der Waals surface area contributed by atoms with Gasteiger partial charge in [-0.1, -0.05) is 26.2 Å². The van der Waals surface area contributed by atoms with Crippen molar-refractivity contribution in [2.45, 2.75) is 64.5 Å². The minimum atomic E-state index is 0.0682. The topological polar surface area (TPSA) is 41.1 Å². The van der Waals surface area contributed by atoms with Gasteiger partial charge in [-0.3, -0.25) is 4.79 Å². The van der Waals surface area contributed by atoms with Gasteiger partial charge in [-0.2, -0.15) is 0 Å². The van der Waals surface area contributed by atoms with Crippen molar-refractivity contribution in [3.63, 3.8) is 0 Å². The summed E-state index contributed by atoms with van der Waals surface area (Å²) in [5.41, 5.74) is 0. The Bertz CT molecular complexity index is 188. The molecule has 2 atom stereocenters. The highest BCUT2D eigenvalue weighted by Crippen LogP contribution is 2.07. The van der Waals surface area contributed by atoms with Gasteiger partial charge in [0, 0.05) is 6.04 Å². The summed E-state index contributed by atoms with van der Waals surface area (Å²) in [6.45, 7) is 5.29. The van der Waals surface area contributed by atoms with Gasteiger partial charge in [0.15, 0.2) is 0 Å². The molecule has 1 heterocycles. The van der Waals surface area contributed by atoms with Crippen LogP contribution in [0.4, 0.5) is 0 Å². The van der Waals surface area contributed by atoms with E-state index in [9.17, 15) is 4.79 Å². The average molecular weight is 212 g/mol. The van der Waals surface area contributed by atoms with Crippen LogP contribution in [-0.4, -0.2) is 24.5 Å². The number of carbonyl (C=O) groups excluding carboxylic acids is 1. The van der Waals surface area contributed by atoms with Crippen LogP contribution >= 0.6 is 0 Å². The summed E-state index contributed by atoms with van der Waals surface area (Å²) in [6.07, 6.45) is 6.95. The van der Waals surface area contributed by atoms with Crippen molar-refractivity contribution in [3.05, 3.63) is 0 Å². The van der Waals surface area contributed by atoms with Gasteiger partial charge in [0.25, 0.3) is 0 Å². The summed E-state index contributed by atoms with van der Waals surface area (Å²) >= 11 is 0. The molecule has 15 heavy (non-hydrogen) atoms. The average Bonchev–Trinajstić information content (AvgIpc) is 2.70. The molecule has 0 aromatic heterocycles. The van der Waals surface area contributed by atoms with Crippen LogP contribution < -0.4 is 10.6 Å². The zero-order chi connectivity index (χ0) is 11.1. The van der Waals surface area contributed by atoms with Crippen LogP contribution in [0.15, 0.2) is 0 Å². The third-order valence-electron chi connectivity index (χ3n) is 3.01. The molecule has 0 aromatic carbocycles. The maximum Gasteiger partial charge on any atom is 0.237 e. The van der Waals surface area contributed by atoms with Gasteiger partial charge in [-0.05, 0) is 32.7 Å². The minimum absolute atomic E-state index is 0.0682. The van der Waals surface area contributed by atoms with E-state index in [2.05, 4.69) is 24.5 Å². The molecule has 3 heteroatoms. The van der Waals surface area contributed by atoms with Gasteiger partial charge in [-0.15, -0.1) is 0 Å². The van der Waals surface area contributed by atoms with Crippen LogP contribution in [-0.2, 0) is 4.79 Å². The van der Waals surface area contributed by atoms with Gasteiger partial charge in [0.1, 0.15) is 0 Å². The number of hydrogen-bond acceptors (Lipinski definition) is 2. The number of amides is 1. The molecule has 1 aliphatic rings. The molecule has 1 aliphatic heterocycles. The number of rotatable bonds is 6. The maximum atomic E-state index is 11.7. The zero-order valence-electron chi connectivity index (χ0n) is 10.0. The first-order valence-electron chi connectivity index (χ1n) is 6.27. The summed E-state index contributed by atoms with van der Waals surface area (Å²) in [6, 6.07) is 0.394. The quantitative estimate of drug-likeness (QED) is 0.659. The van der Waals surface area contributed by atoms with Crippen LogP contribution in [0.2, 0.25) is 0 Å². The van der Waals surface area contributed by atoms with E-state index in [-0.39, 0.29) is 11.9 Å². The van der Waals surface area contributed by atoms with E-state index in [0.717, 1.165) is 25.8 Å². The third-order valence-corrected chi connectivity index (χ3v) is 3.01. The first-order valence-corrected chi connectivity index (χ1v) is 6.27. The minimum Gasteiger partial charge on any atom is -0.352 e. The molecule has 1 amide bonds. The van der Waals surface area contributed by atoms with E-state index in [1.807, 2.05) is 0 Å². The molecule has 0 radical (unpaired) electrons. The highest BCUT2D eigenvalue weighted by atomic mass is 16.2. The van der Waals surface area contributed by atoms with E-state index in [1.54, 1.807) is 0 Å². The van der Waals surface area contributed by atoms with Gasteiger partial charge < -0.3 is 10.6 Å². The molecule has 0 saturated carbocycles. The third kappa shape index (κ3) is 4.65. The van der Waals surface area contributed by atoms with Crippen molar-refractivity contribution < 1.29 is 4.79 Å². The second-order valence-electron chi connectivity index (χ2n) is 4.55. The lowest BCUT2D eigenvalue weighted by atomic mass is 10.1. The van der Waals surface area contributed by atoms with Gasteiger partial charge in [-0.25, -0.2) is 0 Å². The summed E-state index contributed by atoms with van der Waals surface area (Å²) in [7, 11) is 0. The molecule has 2 N–H and O–H groups in total. The van der Waals surface area contributed by atoms with Crippen molar-refractivity contribution in [3.8, 4) is 0 Å². The molecular formula is C12H24N2O. The summed E-state index contributed by atoms with van der Waals surface area (Å²) < 4.78 is 0. The fourth-order valence-electron chi connectivity index (χ4n) is 2.02. The molecule has 1 fully saturated rings. The van der Waals surface area contributed by atoms with E-state index in [1.165, 1.54) is 19.3 Å². The lowest BCUT2D eigenvalue weighted by Gasteiger charge is -2.17. The molecule has 88 valence electrons. The van der Waals surface area contributed by atoms with Crippen LogP contribution in [0.25, 0.3) is 0 Å². The van der Waals surface area contributed by atoms with Crippen molar-refractivity contribution in [2.24, 2.45) is 0 Å². The Morgan fingerprint density at radius 2 is 2.33 bits per heavy atom. The number of nitrogens with one attached hydrogen (secondary N) is 2. The highest BCUT2D eigenvalue weighted by Gasteiger charge is 2.22. The SMILES string of the molecule is CCCCCC(C)NC(=O)C1CCCN1. The van der Waals surface area contributed by atoms with Crippen LogP contribution in [0.5, 0.6) is 0 Å². The Morgan fingerprint density at radius 3 is 2.93 bits per heavy atom. The zero-order valence-corrected chi connectivity index (χ0v) is 10.0. The molecule has 0 aromatic rings. The Morgan fingerprint density at radius 1 is 1.53 bits per heavy atom. The fraction of sp³-hybridized carbons (Fsp3) is 0.917. The standard InChI is InChI=1S/C12H24N2O/c1-3-4-5-7-10(2)14-12(15)11-8-6-9-13-11/h10-11,13H,3-9H2,1-2H3,(H,14,15). The molecular weight excluding hydrogens is 188 g/mol. The molecule has 3 nitrogen and oxygen atoms in total. The van der Waals surface area contributed by atoms with Crippen molar-refractivity contribution in [1.29, 1.82) is 0 Å². The summed E-state index contributed by atoms with van der Waals surface area (Å²) in [4.78, 5) is 11.7. The molecule has 0 spiro atoms. The highest BCUT2D eigenvalue weighted by molar-refractivity contribution is 5.82. The van der Waals surface area contributed by atoms with E-state index < -0.39 is 0 Å². The second kappa shape index (κ2) is 6.83. The maximum absolute atomic E-state index is 11.7. The Labute approximate surface area is 93.0 Å². The largest absolute Gasteiger partial charge is 0.352 e. The van der Waals surface area contributed by atoms with Gasteiger partial charge in [0.2, 0.25) is 5.91 Å². The van der Waals surface area contributed by atoms with E-state index in [0.29, 0.717) is 6.04 Å². The molecule has 2 unspecified atom stereocenters. The van der Waals surface area contributed by atoms with Crippen molar-refractivity contribution >= 4 is 5.91 Å².